The lowest BCUT2D eigenvalue weighted by Crippen LogP contribution is -2.21. The first-order chi connectivity index (χ1) is 7.34. The Morgan fingerprint density at radius 3 is 2.44 bits per heavy atom. The average molecular weight is 237 g/mol. The summed E-state index contributed by atoms with van der Waals surface area (Å²) in [5.74, 6) is -0.784. The van der Waals surface area contributed by atoms with Crippen molar-refractivity contribution in [3.05, 3.63) is 17.8 Å². The standard InChI is InChI=1S/C7H7BF3NO4/c1-15-6-5(16-8(13)14)2-4(3-12-6)7(9,10)11/h2-3,13-14H,1H3. The molecule has 0 aliphatic heterocycles. The Kier molecular flexibility index (Phi) is 3.60. The average Bonchev–Trinajstić information content (AvgIpc) is 2.15. The number of aromatic nitrogens is 1. The van der Waals surface area contributed by atoms with Gasteiger partial charge in [0.05, 0.1) is 12.7 Å². The zero-order chi connectivity index (χ0) is 12.3. The maximum absolute atomic E-state index is 12.3. The highest BCUT2D eigenvalue weighted by molar-refractivity contribution is 6.33. The van der Waals surface area contributed by atoms with E-state index in [-0.39, 0.29) is 5.88 Å². The maximum atomic E-state index is 12.3. The van der Waals surface area contributed by atoms with E-state index in [0.717, 1.165) is 7.11 Å². The van der Waals surface area contributed by atoms with Gasteiger partial charge in [-0.3, -0.25) is 0 Å². The molecule has 0 bridgehead atoms. The molecule has 0 unspecified atom stereocenters. The van der Waals surface area contributed by atoms with Crippen molar-refractivity contribution in [3.8, 4) is 11.6 Å². The lowest BCUT2D eigenvalue weighted by Gasteiger charge is -2.12. The van der Waals surface area contributed by atoms with Crippen LogP contribution in [0, 0.1) is 0 Å². The molecule has 0 saturated heterocycles. The van der Waals surface area contributed by atoms with Crippen LogP contribution in [0.3, 0.4) is 0 Å². The Morgan fingerprint density at radius 1 is 1.38 bits per heavy atom. The molecule has 0 aromatic carbocycles. The molecule has 0 aliphatic carbocycles. The number of nitrogens with zero attached hydrogens (tertiary/aromatic N) is 1. The van der Waals surface area contributed by atoms with Crippen molar-refractivity contribution in [2.24, 2.45) is 0 Å². The van der Waals surface area contributed by atoms with Crippen LogP contribution < -0.4 is 9.39 Å². The van der Waals surface area contributed by atoms with E-state index in [2.05, 4.69) is 14.4 Å². The second-order valence-corrected chi connectivity index (χ2v) is 2.67. The smallest absolute Gasteiger partial charge is 0.508 e. The summed E-state index contributed by atoms with van der Waals surface area (Å²) in [4.78, 5) is 3.33. The Hall–Kier alpha value is -1.48. The quantitative estimate of drug-likeness (QED) is 0.747. The highest BCUT2D eigenvalue weighted by atomic mass is 19.4. The zero-order valence-electron chi connectivity index (χ0n) is 8.02. The molecule has 1 aromatic heterocycles. The van der Waals surface area contributed by atoms with E-state index in [1.54, 1.807) is 0 Å². The fourth-order valence-electron chi connectivity index (χ4n) is 0.938. The fourth-order valence-corrected chi connectivity index (χ4v) is 0.938. The fraction of sp³-hybridized carbons (Fsp3) is 0.286. The second-order valence-electron chi connectivity index (χ2n) is 2.67. The molecule has 0 fully saturated rings. The van der Waals surface area contributed by atoms with Crippen molar-refractivity contribution in [3.63, 3.8) is 0 Å². The monoisotopic (exact) mass is 237 g/mol. The van der Waals surface area contributed by atoms with Crippen molar-refractivity contribution in [1.82, 2.24) is 4.98 Å². The predicted octanol–water partition coefficient (Wildman–Crippen LogP) is 0.457. The van der Waals surface area contributed by atoms with Gasteiger partial charge in [0.2, 0.25) is 0 Å². The van der Waals surface area contributed by atoms with E-state index in [9.17, 15) is 13.2 Å². The largest absolute Gasteiger partial charge is 0.707 e. The van der Waals surface area contributed by atoms with Gasteiger partial charge >= 0.3 is 13.5 Å². The van der Waals surface area contributed by atoms with Gasteiger partial charge in [-0.2, -0.15) is 13.2 Å². The Morgan fingerprint density at radius 2 is 2.00 bits per heavy atom. The summed E-state index contributed by atoms with van der Waals surface area (Å²) in [6, 6.07) is 0.561. The van der Waals surface area contributed by atoms with Crippen LogP contribution in [-0.4, -0.2) is 29.5 Å². The highest BCUT2D eigenvalue weighted by Gasteiger charge is 2.32. The number of hydrogen-bond acceptors (Lipinski definition) is 5. The van der Waals surface area contributed by atoms with Gasteiger partial charge in [-0.25, -0.2) is 4.98 Å². The predicted molar refractivity (Wildman–Crippen MR) is 46.6 cm³/mol. The van der Waals surface area contributed by atoms with Gasteiger partial charge in [0.25, 0.3) is 5.88 Å². The molecule has 16 heavy (non-hydrogen) atoms. The number of ether oxygens (including phenoxy) is 1. The molecular weight excluding hydrogens is 230 g/mol. The van der Waals surface area contributed by atoms with E-state index in [4.69, 9.17) is 10.0 Å². The molecule has 0 spiro atoms. The summed E-state index contributed by atoms with van der Waals surface area (Å²) in [5.41, 5.74) is -1.08. The first kappa shape index (κ1) is 12.6. The summed E-state index contributed by atoms with van der Waals surface area (Å²) in [7, 11) is -1.09. The van der Waals surface area contributed by atoms with Crippen LogP contribution in [0.15, 0.2) is 12.3 Å². The number of methoxy groups -OCH3 is 1. The van der Waals surface area contributed by atoms with Gasteiger partial charge in [0, 0.05) is 6.20 Å². The van der Waals surface area contributed by atoms with E-state index in [0.29, 0.717) is 12.3 Å². The summed E-state index contributed by atoms with van der Waals surface area (Å²) >= 11 is 0. The number of hydrogen-bond donors (Lipinski definition) is 2. The van der Waals surface area contributed by atoms with Crippen molar-refractivity contribution in [2.75, 3.05) is 7.11 Å². The van der Waals surface area contributed by atoms with Gasteiger partial charge in [0.1, 0.15) is 0 Å². The number of pyridine rings is 1. The normalized spacial score (nSPS) is 11.1. The molecule has 88 valence electrons. The Labute approximate surface area is 88.6 Å². The molecule has 0 aliphatic rings. The number of halogens is 3. The van der Waals surface area contributed by atoms with E-state index < -0.39 is 24.8 Å². The summed E-state index contributed by atoms with van der Waals surface area (Å²) in [6.45, 7) is 0. The van der Waals surface area contributed by atoms with Crippen LogP contribution in [0.4, 0.5) is 13.2 Å². The minimum Gasteiger partial charge on any atom is -0.508 e. The molecule has 1 heterocycles. The third-order valence-electron chi connectivity index (χ3n) is 1.57. The molecule has 9 heteroatoms. The van der Waals surface area contributed by atoms with Crippen molar-refractivity contribution in [1.29, 1.82) is 0 Å². The summed E-state index contributed by atoms with van der Waals surface area (Å²) in [5, 5.41) is 17.0. The van der Waals surface area contributed by atoms with Crippen LogP contribution in [0.1, 0.15) is 5.56 Å². The summed E-state index contributed by atoms with van der Waals surface area (Å²) < 4.78 is 45.7. The van der Waals surface area contributed by atoms with Gasteiger partial charge in [-0.05, 0) is 6.07 Å². The topological polar surface area (TPSA) is 71.8 Å². The Balaban J connectivity index is 3.11. The first-order valence-corrected chi connectivity index (χ1v) is 3.98. The van der Waals surface area contributed by atoms with Gasteiger partial charge in [-0.1, -0.05) is 0 Å². The van der Waals surface area contributed by atoms with Crippen LogP contribution in [-0.2, 0) is 6.18 Å². The minimum atomic E-state index is -4.60. The maximum Gasteiger partial charge on any atom is 0.707 e. The highest BCUT2D eigenvalue weighted by Crippen LogP contribution is 2.34. The lowest BCUT2D eigenvalue weighted by molar-refractivity contribution is -0.138. The van der Waals surface area contributed by atoms with Gasteiger partial charge in [-0.15, -0.1) is 0 Å². The van der Waals surface area contributed by atoms with Gasteiger partial charge < -0.3 is 19.4 Å². The van der Waals surface area contributed by atoms with Gasteiger partial charge in [0.15, 0.2) is 5.75 Å². The van der Waals surface area contributed by atoms with E-state index in [1.807, 2.05) is 0 Å². The first-order valence-electron chi connectivity index (χ1n) is 3.98. The van der Waals surface area contributed by atoms with Crippen LogP contribution >= 0.6 is 0 Å². The van der Waals surface area contributed by atoms with Crippen molar-refractivity contribution in [2.45, 2.75) is 6.18 Å². The van der Waals surface area contributed by atoms with Crippen molar-refractivity contribution < 1.29 is 32.6 Å². The summed E-state index contributed by atoms with van der Waals surface area (Å²) in [6.07, 6.45) is -4.05. The third kappa shape index (κ3) is 3.01. The lowest BCUT2D eigenvalue weighted by atomic mass is 10.2. The minimum absolute atomic E-state index is 0.277. The second kappa shape index (κ2) is 4.58. The molecule has 2 N–H and O–H groups in total. The molecule has 0 amide bonds. The van der Waals surface area contributed by atoms with Crippen molar-refractivity contribution >= 4 is 7.32 Å². The molecule has 0 atom stereocenters. The molecule has 0 radical (unpaired) electrons. The number of alkyl halides is 3. The SMILES string of the molecule is COc1ncc(C(F)(F)F)cc1OB(O)O. The van der Waals surface area contributed by atoms with E-state index >= 15 is 0 Å². The molecular formula is C7H7BF3NO4. The zero-order valence-corrected chi connectivity index (χ0v) is 8.02. The van der Waals surface area contributed by atoms with E-state index in [1.165, 1.54) is 0 Å². The molecule has 5 nitrogen and oxygen atoms in total. The van der Waals surface area contributed by atoms with Crippen LogP contribution in [0.5, 0.6) is 11.6 Å². The molecule has 0 saturated carbocycles. The molecule has 1 rings (SSSR count). The molecule has 1 aromatic rings. The number of rotatable bonds is 3. The Bertz CT molecular complexity index is 371. The van der Waals surface area contributed by atoms with Crippen LogP contribution in [0.2, 0.25) is 0 Å². The third-order valence-corrected chi connectivity index (χ3v) is 1.57. The van der Waals surface area contributed by atoms with Crippen LogP contribution in [0.25, 0.3) is 0 Å².